The Morgan fingerprint density at radius 3 is 1.69 bits per heavy atom. The Labute approximate surface area is 311 Å². The van der Waals surface area contributed by atoms with E-state index in [1.807, 2.05) is 0 Å². The number of imidazole rings is 2. The van der Waals surface area contributed by atoms with Crippen LogP contribution in [0.1, 0.15) is 45.6 Å². The van der Waals surface area contributed by atoms with Gasteiger partial charge in [-0.25, -0.2) is 24.4 Å². The van der Waals surface area contributed by atoms with Gasteiger partial charge in [-0.3, -0.25) is 9.59 Å². The third-order valence-electron chi connectivity index (χ3n) is 9.10. The van der Waals surface area contributed by atoms with Crippen LogP contribution in [-0.4, -0.2) is 53.1 Å². The van der Waals surface area contributed by atoms with Gasteiger partial charge in [0.25, 0.3) is 0 Å². The molecule has 16 heteroatoms. The van der Waals surface area contributed by atoms with E-state index in [9.17, 15) is 34.7 Å². The van der Waals surface area contributed by atoms with Crippen molar-refractivity contribution in [2.45, 2.75) is 13.1 Å². The number of rotatable bonds is 9. The Morgan fingerprint density at radius 1 is 0.741 bits per heavy atom. The Bertz CT molecular complexity index is 2860. The fourth-order valence-corrected chi connectivity index (χ4v) is 8.91. The molecule has 8 rings (SSSR count). The highest BCUT2D eigenvalue weighted by atomic mass is 32.1. The van der Waals surface area contributed by atoms with Gasteiger partial charge in [-0.2, -0.15) is 5.26 Å². The van der Waals surface area contributed by atoms with Crippen molar-refractivity contribution >= 4 is 94.4 Å². The highest BCUT2D eigenvalue weighted by molar-refractivity contribution is 7.22. The highest BCUT2D eigenvalue weighted by Crippen LogP contribution is 2.45. The second-order valence-electron chi connectivity index (χ2n) is 12.1. The first-order chi connectivity index (χ1) is 26.0. The molecule has 4 aromatic heterocycles. The Morgan fingerprint density at radius 2 is 1.22 bits per heavy atom. The molecule has 0 bridgehead atoms. The molecule has 6 N–H and O–H groups in total. The molecule has 0 unspecified atom stereocenters. The molecule has 54 heavy (non-hydrogen) atoms. The molecule has 0 saturated heterocycles. The van der Waals surface area contributed by atoms with E-state index < -0.39 is 23.8 Å². The van der Waals surface area contributed by atoms with Crippen molar-refractivity contribution in [1.82, 2.24) is 19.1 Å². The molecule has 0 aliphatic carbocycles. The fraction of sp³-hybridized carbons (Fsp3) is 0.0526. The number of aryl methyl sites for hydroxylation is 2. The zero-order chi connectivity index (χ0) is 38.0. The second-order valence-corrected chi connectivity index (χ2v) is 14.2. The van der Waals surface area contributed by atoms with Gasteiger partial charge in [0.2, 0.25) is 11.8 Å². The van der Waals surface area contributed by atoms with Gasteiger partial charge in [-0.05, 0) is 54.6 Å². The number of aromatic carboxylic acids is 2. The largest absolute Gasteiger partial charge is 0.477 e. The van der Waals surface area contributed by atoms with Crippen molar-refractivity contribution in [2.75, 3.05) is 0 Å². The maximum Gasteiger partial charge on any atom is 0.346 e. The summed E-state index contributed by atoms with van der Waals surface area (Å²) in [5, 5.41) is 31.7. The third-order valence-corrected chi connectivity index (χ3v) is 11.4. The summed E-state index contributed by atoms with van der Waals surface area (Å²) in [6.07, 6.45) is 0. The normalized spacial score (nSPS) is 11.3. The molecule has 0 atom stereocenters. The lowest BCUT2D eigenvalue weighted by atomic mass is 10.0. The zero-order valence-corrected chi connectivity index (χ0v) is 29.2. The number of nitrogens with zero attached hydrogens (tertiary/aromatic N) is 6. The van der Waals surface area contributed by atoms with E-state index in [0.717, 1.165) is 22.7 Å². The van der Waals surface area contributed by atoms with Gasteiger partial charge in [0.15, 0.2) is 5.69 Å². The molecule has 4 aromatic carbocycles. The smallest absolute Gasteiger partial charge is 0.346 e. The number of amides is 2. The summed E-state index contributed by atoms with van der Waals surface area (Å²) >= 11 is 2.01. The number of nitriles is 1. The molecule has 4 heterocycles. The van der Waals surface area contributed by atoms with E-state index in [-0.39, 0.29) is 68.0 Å². The quantitative estimate of drug-likeness (QED) is 0.113. The number of aromatic nitrogens is 4. The molecular formula is C38H22N8O6S2. The minimum atomic E-state index is -1.22. The standard InChI is InChI=1S/C38H22N8O6S2/c1-42-20-5-3-7-26-28(20)30(32(54-26)38(51)52)36-44-22-15-18(34(41)48)9-11-24(22)46(36)13-12-45-23-10-8-17(33(40)47)14-21(23)43-35(45)29-27-19(16-39)4-2-6-25(27)53-31(29)37(49)50/h2-11,14-15H,12-13H2,(H2,40,47)(H2,41,48)(H,49,50)(H,51,52). The SMILES string of the molecule is [C-]#[N+]c1cccc2sc(C(=O)O)c(-c3nc4cc(C(N)=O)ccc4n3CCn3c(-c4c(C(=O)O)sc5cccc(C#N)c45)nc4cc(C(N)=O)ccc43)c12. The first-order valence-corrected chi connectivity index (χ1v) is 17.6. The predicted molar refractivity (Wildman–Crippen MR) is 203 cm³/mol. The van der Waals surface area contributed by atoms with E-state index >= 15 is 0 Å². The van der Waals surface area contributed by atoms with Crippen molar-refractivity contribution in [3.05, 3.63) is 111 Å². The van der Waals surface area contributed by atoms with Gasteiger partial charge < -0.3 is 30.8 Å². The number of carbonyl (C=O) groups excluding carboxylic acids is 2. The van der Waals surface area contributed by atoms with E-state index in [2.05, 4.69) is 10.9 Å². The molecule has 0 saturated carbocycles. The summed E-state index contributed by atoms with van der Waals surface area (Å²) in [5.74, 6) is -3.39. The lowest BCUT2D eigenvalue weighted by Gasteiger charge is -2.14. The van der Waals surface area contributed by atoms with Crippen molar-refractivity contribution < 1.29 is 29.4 Å². The van der Waals surface area contributed by atoms with Crippen LogP contribution >= 0.6 is 22.7 Å². The van der Waals surface area contributed by atoms with E-state index in [1.165, 1.54) is 24.3 Å². The summed E-state index contributed by atoms with van der Waals surface area (Å²) < 4.78 is 4.67. The van der Waals surface area contributed by atoms with E-state index in [0.29, 0.717) is 42.2 Å². The first kappa shape index (κ1) is 33.7. The number of fused-ring (bicyclic) bond motifs is 4. The van der Waals surface area contributed by atoms with Crippen LogP contribution in [0.3, 0.4) is 0 Å². The van der Waals surface area contributed by atoms with E-state index in [1.54, 1.807) is 57.7 Å². The Kier molecular flexibility index (Phi) is 7.92. The Hall–Kier alpha value is -7.40. The van der Waals surface area contributed by atoms with Crippen LogP contribution in [0.15, 0.2) is 72.8 Å². The molecule has 2 amide bonds. The summed E-state index contributed by atoms with van der Waals surface area (Å²) in [6.45, 7) is 8.03. The van der Waals surface area contributed by atoms with Crippen molar-refractivity contribution in [1.29, 1.82) is 5.26 Å². The first-order valence-electron chi connectivity index (χ1n) is 16.0. The van der Waals surface area contributed by atoms with Gasteiger partial charge in [0.05, 0.1) is 45.8 Å². The molecule has 14 nitrogen and oxygen atoms in total. The van der Waals surface area contributed by atoms with Crippen molar-refractivity contribution in [3.8, 4) is 28.8 Å². The number of nitrogens with two attached hydrogens (primary N) is 2. The lowest BCUT2D eigenvalue weighted by Crippen LogP contribution is -2.12. The Balaban J connectivity index is 1.40. The number of benzene rings is 4. The van der Waals surface area contributed by atoms with Gasteiger partial charge in [-0.15, -0.1) is 22.7 Å². The monoisotopic (exact) mass is 750 g/mol. The van der Waals surface area contributed by atoms with Gasteiger partial charge in [0, 0.05) is 50.0 Å². The van der Waals surface area contributed by atoms with Crippen LogP contribution in [0.5, 0.6) is 0 Å². The number of hydrogen-bond donors (Lipinski definition) is 4. The zero-order valence-electron chi connectivity index (χ0n) is 27.5. The van der Waals surface area contributed by atoms with Crippen LogP contribution in [0.25, 0.3) is 69.9 Å². The molecule has 262 valence electrons. The number of thiophene rings is 2. The minimum absolute atomic E-state index is 0.0413. The van der Waals surface area contributed by atoms with Crippen molar-refractivity contribution in [3.63, 3.8) is 0 Å². The van der Waals surface area contributed by atoms with Crippen LogP contribution in [0.4, 0.5) is 5.69 Å². The topological polar surface area (TPSA) is 225 Å². The van der Waals surface area contributed by atoms with E-state index in [4.69, 9.17) is 28.0 Å². The lowest BCUT2D eigenvalue weighted by molar-refractivity contribution is 0.0692. The number of carboxylic acid groups (broad SMARTS) is 2. The third kappa shape index (κ3) is 5.21. The van der Waals surface area contributed by atoms with Crippen LogP contribution < -0.4 is 11.5 Å². The maximum absolute atomic E-state index is 12.7. The van der Waals surface area contributed by atoms with Gasteiger partial charge in [0.1, 0.15) is 21.4 Å². The van der Waals surface area contributed by atoms with Crippen LogP contribution in [0, 0.1) is 17.9 Å². The molecule has 0 spiro atoms. The summed E-state index contributed by atoms with van der Waals surface area (Å²) in [6, 6.07) is 21.5. The average molecular weight is 751 g/mol. The van der Waals surface area contributed by atoms with Crippen LogP contribution in [0.2, 0.25) is 0 Å². The summed E-state index contributed by atoms with van der Waals surface area (Å²) in [5.41, 5.74) is 14.2. The molecule has 8 aromatic rings. The molecule has 0 aliphatic heterocycles. The predicted octanol–water partition coefficient (Wildman–Crippen LogP) is 6.87. The molecule has 0 radical (unpaired) electrons. The number of carboxylic acids is 2. The van der Waals surface area contributed by atoms with Crippen molar-refractivity contribution in [2.24, 2.45) is 11.5 Å². The molecule has 0 fully saturated rings. The summed E-state index contributed by atoms with van der Waals surface area (Å²) in [4.78, 5) is 63.1. The minimum Gasteiger partial charge on any atom is -0.477 e. The van der Waals surface area contributed by atoms with Crippen LogP contribution in [-0.2, 0) is 13.1 Å². The summed E-state index contributed by atoms with van der Waals surface area (Å²) in [7, 11) is 0. The maximum atomic E-state index is 12.7. The highest BCUT2D eigenvalue weighted by Gasteiger charge is 2.29. The number of carbonyl (C=O) groups is 4. The number of hydrogen-bond acceptors (Lipinski definition) is 9. The number of primary amides is 2. The molecule has 0 aliphatic rings. The fourth-order valence-electron chi connectivity index (χ4n) is 6.79. The second kappa shape index (κ2) is 12.7. The van der Waals surface area contributed by atoms with Gasteiger partial charge >= 0.3 is 11.9 Å². The average Bonchev–Trinajstić information content (AvgIpc) is 3.92. The molecular weight excluding hydrogens is 729 g/mol. The van der Waals surface area contributed by atoms with Gasteiger partial charge in [-0.1, -0.05) is 18.2 Å².